The molecule has 12 heteroatoms. The van der Waals surface area contributed by atoms with Gasteiger partial charge in [-0.2, -0.15) is 5.10 Å². The number of urea groups is 1. The number of para-hydroxylation sites is 1. The number of pyridine rings is 1. The average Bonchev–Trinajstić information content (AvgIpc) is 3.88. The van der Waals surface area contributed by atoms with Crippen LogP contribution in [0.15, 0.2) is 65.8 Å². The Bertz CT molecular complexity index is 2150. The van der Waals surface area contributed by atoms with Gasteiger partial charge in [0.15, 0.2) is 0 Å². The summed E-state index contributed by atoms with van der Waals surface area (Å²) < 4.78 is 2.32. The van der Waals surface area contributed by atoms with E-state index < -0.39 is 6.04 Å². The van der Waals surface area contributed by atoms with Crippen molar-refractivity contribution in [2.24, 2.45) is 0 Å². The summed E-state index contributed by atoms with van der Waals surface area (Å²) in [5.74, 6) is 1.79. The van der Waals surface area contributed by atoms with Crippen LogP contribution < -0.4 is 10.9 Å². The summed E-state index contributed by atoms with van der Waals surface area (Å²) in [6.45, 7) is 9.79. The van der Waals surface area contributed by atoms with E-state index in [-0.39, 0.29) is 23.4 Å². The second-order valence-electron chi connectivity index (χ2n) is 15.7. The lowest BCUT2D eigenvalue weighted by atomic mass is 9.89. The number of carbonyl (C=O) groups excluding carboxylic acids is 2. The van der Waals surface area contributed by atoms with E-state index in [4.69, 9.17) is 4.98 Å². The largest absolute Gasteiger partial charge is 0.341 e. The van der Waals surface area contributed by atoms with Crippen LogP contribution in [-0.2, 0) is 17.8 Å². The molecule has 1 atom stereocenters. The van der Waals surface area contributed by atoms with Gasteiger partial charge in [-0.25, -0.2) is 9.78 Å². The van der Waals surface area contributed by atoms with E-state index >= 15 is 0 Å². The van der Waals surface area contributed by atoms with E-state index in [1.165, 1.54) is 5.82 Å². The monoisotopic (exact) mass is 731 g/mol. The number of aryl methyl sites for hydroxylation is 2. The number of carbonyl (C=O) groups is 2. The van der Waals surface area contributed by atoms with Crippen molar-refractivity contribution in [3.8, 4) is 0 Å². The summed E-state index contributed by atoms with van der Waals surface area (Å²) in [6.07, 6.45) is 12.8. The van der Waals surface area contributed by atoms with Gasteiger partial charge in [0.1, 0.15) is 11.9 Å². The predicted octanol–water partition coefficient (Wildman–Crippen LogP) is 5.69. The first kappa shape index (κ1) is 36.0. The average molecular weight is 732 g/mol. The molecule has 0 saturated carbocycles. The molecule has 3 aliphatic rings. The maximum absolute atomic E-state index is 14.4. The lowest BCUT2D eigenvalue weighted by Crippen LogP contribution is -2.56. The zero-order valence-electron chi connectivity index (χ0n) is 31.6. The van der Waals surface area contributed by atoms with Crippen molar-refractivity contribution in [2.45, 2.75) is 95.7 Å². The molecular weight excluding hydrogens is 679 g/mol. The smallest absolute Gasteiger partial charge is 0.318 e. The molecule has 12 nitrogen and oxygen atoms in total. The number of nitrogens with zero attached hydrogens (tertiary/aromatic N) is 6. The molecule has 6 heterocycles. The third kappa shape index (κ3) is 7.53. The fourth-order valence-corrected chi connectivity index (χ4v) is 9.27. The molecule has 2 aromatic carbocycles. The minimum Gasteiger partial charge on any atom is -0.341 e. The lowest BCUT2D eigenvalue weighted by molar-refractivity contribution is -0.135. The van der Waals surface area contributed by atoms with Crippen LogP contribution in [0.2, 0.25) is 0 Å². The van der Waals surface area contributed by atoms with Crippen LogP contribution in [0.1, 0.15) is 86.2 Å². The normalized spacial score (nSPS) is 18.8. The molecule has 3 aliphatic heterocycles. The van der Waals surface area contributed by atoms with Crippen LogP contribution in [0.5, 0.6) is 0 Å². The molecule has 54 heavy (non-hydrogen) atoms. The maximum atomic E-state index is 14.4. The molecular formula is C42H53N9O3. The summed E-state index contributed by atoms with van der Waals surface area (Å²) in [5.41, 5.74) is 4.58. The minimum atomic E-state index is -0.693. The molecule has 0 aliphatic carbocycles. The first-order chi connectivity index (χ1) is 26.3. The number of nitrogens with one attached hydrogen (secondary N) is 3. The maximum Gasteiger partial charge on any atom is 0.318 e. The number of rotatable bonds is 9. The van der Waals surface area contributed by atoms with Gasteiger partial charge in [-0.05, 0) is 106 Å². The highest BCUT2D eigenvalue weighted by Crippen LogP contribution is 2.31. The summed E-state index contributed by atoms with van der Waals surface area (Å²) in [7, 11) is 0. The number of hydrogen-bond acceptors (Lipinski definition) is 6. The number of hydrogen-bond donors (Lipinski definition) is 3. The van der Waals surface area contributed by atoms with E-state index in [9.17, 15) is 14.4 Å². The van der Waals surface area contributed by atoms with Crippen molar-refractivity contribution in [2.75, 3.05) is 39.3 Å². The Morgan fingerprint density at radius 3 is 2.43 bits per heavy atom. The molecule has 5 aromatic rings. The number of piperidine rings is 3. The zero-order chi connectivity index (χ0) is 37.2. The molecule has 0 unspecified atom stereocenters. The second kappa shape index (κ2) is 15.8. The molecule has 0 spiro atoms. The fourth-order valence-electron chi connectivity index (χ4n) is 9.27. The van der Waals surface area contributed by atoms with Crippen molar-refractivity contribution < 1.29 is 9.59 Å². The first-order valence-electron chi connectivity index (χ1n) is 20.0. The highest BCUT2D eigenvalue weighted by molar-refractivity contribution is 5.88. The number of aromatic nitrogens is 5. The molecule has 0 bridgehead atoms. The highest BCUT2D eigenvalue weighted by atomic mass is 16.2. The standard InChI is InChI=1S/C42H53N9O3/c1-3-15-49-22-14-43-39(49)31-10-16-48(17-11-31)34-12-20-50(21-13-34)41(53)37(25-29-23-28(2)38-33(24-29)27-44-47-38)46-42(54)51-18-8-30(9-19-51)35-26-32-6-4-5-7-36(32)45-40(35)52/h4-7,14,22-24,26-27,30-31,34,37H,3,8-13,15-21,25H2,1-2H3,(H,44,47)(H,45,52)(H,46,54)/t37-/m1/s1. The number of H-pyrrole nitrogens is 2. The van der Waals surface area contributed by atoms with Gasteiger partial charge < -0.3 is 29.6 Å². The van der Waals surface area contributed by atoms with Crippen LogP contribution in [0.4, 0.5) is 4.79 Å². The summed E-state index contributed by atoms with van der Waals surface area (Å²) in [4.78, 5) is 55.4. The van der Waals surface area contributed by atoms with Gasteiger partial charge in [0, 0.05) is 80.0 Å². The molecule has 3 saturated heterocycles. The SMILES string of the molecule is CCCn1ccnc1C1CCN(C2CCN(C(=O)[C@@H](Cc3cc(C)c4[nH]ncc4c3)NC(=O)N3CCC(c4cc5ccccc5[nH]c4=O)CC3)CC2)CC1. The number of benzene rings is 2. The number of aromatic amines is 2. The zero-order valence-corrected chi connectivity index (χ0v) is 31.6. The minimum absolute atomic E-state index is 0.0224. The van der Waals surface area contributed by atoms with Crippen molar-refractivity contribution >= 4 is 33.7 Å². The fraction of sp³-hybridized carbons (Fsp3) is 0.500. The molecule has 3 fully saturated rings. The molecule has 0 radical (unpaired) electrons. The first-order valence-corrected chi connectivity index (χ1v) is 20.0. The Labute approximate surface area is 316 Å². The van der Waals surface area contributed by atoms with Crippen LogP contribution in [0.3, 0.4) is 0 Å². The Hall–Kier alpha value is -4.97. The van der Waals surface area contributed by atoms with Crippen molar-refractivity contribution in [3.05, 3.63) is 93.9 Å². The van der Waals surface area contributed by atoms with Crippen molar-refractivity contribution in [1.29, 1.82) is 0 Å². The summed E-state index contributed by atoms with van der Waals surface area (Å²) in [5, 5.41) is 12.5. The van der Waals surface area contributed by atoms with Gasteiger partial charge in [-0.1, -0.05) is 31.2 Å². The van der Waals surface area contributed by atoms with E-state index in [1.807, 2.05) is 48.4 Å². The van der Waals surface area contributed by atoms with E-state index in [0.29, 0.717) is 57.4 Å². The number of fused-ring (bicyclic) bond motifs is 2. The van der Waals surface area contributed by atoms with Gasteiger partial charge in [0.25, 0.3) is 5.56 Å². The quantitative estimate of drug-likeness (QED) is 0.178. The number of amides is 3. The molecule has 8 rings (SSSR count). The van der Waals surface area contributed by atoms with Crippen LogP contribution in [0, 0.1) is 6.92 Å². The summed E-state index contributed by atoms with van der Waals surface area (Å²) in [6, 6.07) is 13.5. The molecule has 284 valence electrons. The van der Waals surface area contributed by atoms with Gasteiger partial charge in [-0.3, -0.25) is 14.7 Å². The van der Waals surface area contributed by atoms with Gasteiger partial charge in [-0.15, -0.1) is 0 Å². The second-order valence-corrected chi connectivity index (χ2v) is 15.7. The third-order valence-electron chi connectivity index (χ3n) is 12.2. The van der Waals surface area contributed by atoms with E-state index in [1.54, 1.807) is 11.1 Å². The Morgan fingerprint density at radius 2 is 1.65 bits per heavy atom. The Morgan fingerprint density at radius 1 is 0.907 bits per heavy atom. The number of likely N-dealkylation sites (tertiary alicyclic amines) is 3. The third-order valence-corrected chi connectivity index (χ3v) is 12.2. The Kier molecular flexibility index (Phi) is 10.5. The molecule has 3 N–H and O–H groups in total. The summed E-state index contributed by atoms with van der Waals surface area (Å²) >= 11 is 0. The van der Waals surface area contributed by atoms with E-state index in [0.717, 1.165) is 90.2 Å². The van der Waals surface area contributed by atoms with Crippen LogP contribution >= 0.6 is 0 Å². The topological polar surface area (TPSA) is 135 Å². The van der Waals surface area contributed by atoms with Gasteiger partial charge >= 0.3 is 6.03 Å². The number of imidazole rings is 1. The van der Waals surface area contributed by atoms with Crippen molar-refractivity contribution in [3.63, 3.8) is 0 Å². The molecule has 3 amide bonds. The highest BCUT2D eigenvalue weighted by Gasteiger charge is 2.35. The van der Waals surface area contributed by atoms with Crippen molar-refractivity contribution in [1.82, 2.24) is 44.7 Å². The van der Waals surface area contributed by atoms with Crippen LogP contribution in [0.25, 0.3) is 21.8 Å². The van der Waals surface area contributed by atoms with E-state index in [2.05, 4.69) is 55.2 Å². The predicted molar refractivity (Wildman–Crippen MR) is 211 cm³/mol. The molecule has 3 aromatic heterocycles. The van der Waals surface area contributed by atoms with Gasteiger partial charge in [0.2, 0.25) is 5.91 Å². The van der Waals surface area contributed by atoms with Gasteiger partial charge in [0.05, 0.1) is 11.7 Å². The lowest BCUT2D eigenvalue weighted by Gasteiger charge is -2.42. The Balaban J connectivity index is 0.908. The van der Waals surface area contributed by atoms with Crippen LogP contribution in [-0.4, -0.2) is 103 Å².